The second kappa shape index (κ2) is 5.52. The zero-order valence-corrected chi connectivity index (χ0v) is 11.9. The van der Waals surface area contributed by atoms with Crippen molar-refractivity contribution in [2.45, 2.75) is 31.6 Å². The molecule has 0 bridgehead atoms. The van der Waals surface area contributed by atoms with Crippen molar-refractivity contribution in [2.75, 3.05) is 13.4 Å². The summed E-state index contributed by atoms with van der Waals surface area (Å²) in [5.74, 6) is -0.501. The van der Waals surface area contributed by atoms with Gasteiger partial charge in [-0.2, -0.15) is 0 Å². The van der Waals surface area contributed by atoms with E-state index < -0.39 is 15.8 Å². The number of hydrogen-bond donors (Lipinski definition) is 0. The van der Waals surface area contributed by atoms with Crippen molar-refractivity contribution in [3.05, 3.63) is 28.8 Å². The number of carbonyl (C=O) groups excluding carboxylic acids is 1. The first kappa shape index (κ1) is 14.7. The maximum Gasteiger partial charge on any atom is 0.338 e. The van der Waals surface area contributed by atoms with E-state index in [0.717, 1.165) is 17.4 Å². The molecule has 0 aliphatic carbocycles. The van der Waals surface area contributed by atoms with E-state index in [4.69, 9.17) is 0 Å². The molecule has 0 amide bonds. The summed E-state index contributed by atoms with van der Waals surface area (Å²) in [6.45, 7) is 3.81. The maximum atomic E-state index is 11.7. The van der Waals surface area contributed by atoms with Crippen molar-refractivity contribution in [1.82, 2.24) is 0 Å². The minimum Gasteiger partial charge on any atom is -0.465 e. The van der Waals surface area contributed by atoms with E-state index in [1.165, 1.54) is 13.2 Å². The van der Waals surface area contributed by atoms with Crippen LogP contribution in [-0.4, -0.2) is 27.8 Å². The van der Waals surface area contributed by atoms with Crippen LogP contribution in [0.15, 0.2) is 17.0 Å². The molecule has 1 rings (SSSR count). The predicted molar refractivity (Wildman–Crippen MR) is 69.6 cm³/mol. The average Bonchev–Trinajstić information content (AvgIpc) is 2.34. The minimum absolute atomic E-state index is 0.211. The molecule has 0 aliphatic heterocycles. The molecule has 0 radical (unpaired) electrons. The fourth-order valence-electron chi connectivity index (χ4n) is 1.89. The summed E-state index contributed by atoms with van der Waals surface area (Å²) in [5, 5.41) is 0. The summed E-state index contributed by atoms with van der Waals surface area (Å²) in [5.41, 5.74) is 1.88. The van der Waals surface area contributed by atoms with Gasteiger partial charge in [0.05, 0.1) is 17.6 Å². The van der Waals surface area contributed by atoms with Crippen molar-refractivity contribution in [2.24, 2.45) is 0 Å². The van der Waals surface area contributed by atoms with Gasteiger partial charge in [0.15, 0.2) is 9.84 Å². The maximum absolute atomic E-state index is 11.7. The zero-order valence-electron chi connectivity index (χ0n) is 11.1. The highest BCUT2D eigenvalue weighted by molar-refractivity contribution is 7.90. The molecule has 0 heterocycles. The van der Waals surface area contributed by atoms with Crippen LogP contribution in [-0.2, 0) is 27.4 Å². The van der Waals surface area contributed by atoms with Crippen molar-refractivity contribution in [3.63, 3.8) is 0 Å². The van der Waals surface area contributed by atoms with E-state index in [1.54, 1.807) is 6.07 Å². The number of benzene rings is 1. The van der Waals surface area contributed by atoms with Gasteiger partial charge in [-0.05, 0) is 30.0 Å². The molecule has 0 aromatic heterocycles. The highest BCUT2D eigenvalue weighted by atomic mass is 32.2. The van der Waals surface area contributed by atoms with Gasteiger partial charge in [0.1, 0.15) is 0 Å². The molecule has 5 heteroatoms. The molecular formula is C13H18O4S. The van der Waals surface area contributed by atoms with E-state index in [-0.39, 0.29) is 4.90 Å². The lowest BCUT2D eigenvalue weighted by Crippen LogP contribution is -2.10. The molecular weight excluding hydrogens is 252 g/mol. The third-order valence-corrected chi connectivity index (χ3v) is 4.03. The smallest absolute Gasteiger partial charge is 0.338 e. The van der Waals surface area contributed by atoms with Gasteiger partial charge in [0.25, 0.3) is 0 Å². The largest absolute Gasteiger partial charge is 0.465 e. The number of rotatable bonds is 4. The molecule has 0 saturated heterocycles. The van der Waals surface area contributed by atoms with Gasteiger partial charge in [-0.15, -0.1) is 0 Å². The van der Waals surface area contributed by atoms with Crippen molar-refractivity contribution in [1.29, 1.82) is 0 Å². The Morgan fingerprint density at radius 3 is 2.11 bits per heavy atom. The lowest BCUT2D eigenvalue weighted by atomic mass is 10.0. The molecule has 1 aromatic carbocycles. The summed E-state index contributed by atoms with van der Waals surface area (Å²) >= 11 is 0. The fraction of sp³-hybridized carbons (Fsp3) is 0.462. The first-order valence-corrected chi connectivity index (χ1v) is 7.68. The lowest BCUT2D eigenvalue weighted by molar-refractivity contribution is 0.0599. The SMILES string of the molecule is CCc1cc(CC)c(S(C)(=O)=O)cc1C(=O)OC. The molecule has 0 aliphatic rings. The van der Waals surface area contributed by atoms with Crippen LogP contribution in [0, 0.1) is 0 Å². The number of carbonyl (C=O) groups is 1. The van der Waals surface area contributed by atoms with Crippen LogP contribution in [0.2, 0.25) is 0 Å². The summed E-state index contributed by atoms with van der Waals surface area (Å²) in [6.07, 6.45) is 2.41. The Morgan fingerprint density at radius 1 is 1.17 bits per heavy atom. The third-order valence-electron chi connectivity index (χ3n) is 2.85. The van der Waals surface area contributed by atoms with Gasteiger partial charge >= 0.3 is 5.97 Å². The number of hydrogen-bond acceptors (Lipinski definition) is 4. The van der Waals surface area contributed by atoms with Gasteiger partial charge in [-0.3, -0.25) is 0 Å². The molecule has 0 atom stereocenters. The number of aryl methyl sites for hydroxylation is 2. The molecule has 0 spiro atoms. The second-order valence-corrected chi connectivity index (χ2v) is 6.07. The zero-order chi connectivity index (χ0) is 13.9. The third kappa shape index (κ3) is 2.90. The van der Waals surface area contributed by atoms with Crippen LogP contribution in [0.4, 0.5) is 0 Å². The Kier molecular flexibility index (Phi) is 4.51. The van der Waals surface area contributed by atoms with Gasteiger partial charge < -0.3 is 4.74 Å². The summed E-state index contributed by atoms with van der Waals surface area (Å²) < 4.78 is 28.1. The molecule has 1 aromatic rings. The van der Waals surface area contributed by atoms with Gasteiger partial charge in [-0.25, -0.2) is 13.2 Å². The predicted octanol–water partition coefficient (Wildman–Crippen LogP) is 2.00. The van der Waals surface area contributed by atoms with Gasteiger partial charge in [-0.1, -0.05) is 19.9 Å². The Hall–Kier alpha value is -1.36. The molecule has 0 unspecified atom stereocenters. The molecule has 0 saturated carbocycles. The Balaban J connectivity index is 3.59. The van der Waals surface area contributed by atoms with Crippen molar-refractivity contribution < 1.29 is 17.9 Å². The summed E-state index contributed by atoms with van der Waals surface area (Å²) in [4.78, 5) is 11.9. The number of esters is 1. The Labute approximate surface area is 108 Å². The van der Waals surface area contributed by atoms with Gasteiger partial charge in [0, 0.05) is 6.26 Å². The molecule has 0 fully saturated rings. The normalized spacial score (nSPS) is 11.3. The topological polar surface area (TPSA) is 60.4 Å². The van der Waals surface area contributed by atoms with Crippen LogP contribution < -0.4 is 0 Å². The Morgan fingerprint density at radius 2 is 1.72 bits per heavy atom. The molecule has 4 nitrogen and oxygen atoms in total. The molecule has 100 valence electrons. The van der Waals surface area contributed by atoms with Crippen LogP contribution in [0.5, 0.6) is 0 Å². The number of methoxy groups -OCH3 is 1. The van der Waals surface area contributed by atoms with Crippen molar-refractivity contribution in [3.8, 4) is 0 Å². The first-order valence-electron chi connectivity index (χ1n) is 5.79. The second-order valence-electron chi connectivity index (χ2n) is 4.09. The summed E-state index contributed by atoms with van der Waals surface area (Å²) in [7, 11) is -2.06. The standard InChI is InChI=1S/C13H18O4S/c1-5-9-7-10(6-2)12(18(4,15)16)8-11(9)13(14)17-3/h7-8H,5-6H2,1-4H3. The minimum atomic E-state index is -3.34. The van der Waals surface area contributed by atoms with Crippen LogP contribution in [0.1, 0.15) is 35.3 Å². The van der Waals surface area contributed by atoms with Crippen LogP contribution >= 0.6 is 0 Å². The number of sulfone groups is 1. The average molecular weight is 270 g/mol. The molecule has 18 heavy (non-hydrogen) atoms. The Bertz CT molecular complexity index is 559. The highest BCUT2D eigenvalue weighted by Crippen LogP contribution is 2.23. The van der Waals surface area contributed by atoms with Gasteiger partial charge in [0.2, 0.25) is 0 Å². The highest BCUT2D eigenvalue weighted by Gasteiger charge is 2.19. The summed E-state index contributed by atoms with van der Waals surface area (Å²) in [6, 6.07) is 3.21. The van der Waals surface area contributed by atoms with Crippen LogP contribution in [0.3, 0.4) is 0 Å². The fourth-order valence-corrected chi connectivity index (χ4v) is 2.90. The van der Waals surface area contributed by atoms with E-state index in [9.17, 15) is 13.2 Å². The van der Waals surface area contributed by atoms with Crippen molar-refractivity contribution >= 4 is 15.8 Å². The van der Waals surface area contributed by atoms with Crippen LogP contribution in [0.25, 0.3) is 0 Å². The molecule has 0 N–H and O–H groups in total. The quantitative estimate of drug-likeness (QED) is 0.785. The van der Waals surface area contributed by atoms with E-state index >= 15 is 0 Å². The monoisotopic (exact) mass is 270 g/mol. The number of ether oxygens (including phenoxy) is 1. The van der Waals surface area contributed by atoms with E-state index in [0.29, 0.717) is 18.4 Å². The first-order chi connectivity index (χ1) is 8.35. The lowest BCUT2D eigenvalue weighted by Gasteiger charge is -2.12. The van der Waals surface area contributed by atoms with E-state index in [1.807, 2.05) is 13.8 Å². The van der Waals surface area contributed by atoms with E-state index in [2.05, 4.69) is 4.74 Å².